The fourth-order valence-corrected chi connectivity index (χ4v) is 6.70. The summed E-state index contributed by atoms with van der Waals surface area (Å²) in [5.41, 5.74) is 1.80. The van der Waals surface area contributed by atoms with Crippen molar-refractivity contribution < 1.29 is 33.6 Å². The molecule has 0 saturated carbocycles. The fraction of sp³-hybridized carbons (Fsp3) is 0.273. The quantitative estimate of drug-likeness (QED) is 0.0421. The van der Waals surface area contributed by atoms with Crippen molar-refractivity contribution in [2.45, 2.75) is 35.9 Å². The number of nitrogens with zero attached hydrogens (tertiary/aromatic N) is 3. The molecular formula is C33H33N3O7S2. The van der Waals surface area contributed by atoms with Crippen LogP contribution in [-0.4, -0.2) is 54.9 Å². The van der Waals surface area contributed by atoms with Crippen LogP contribution < -0.4 is 23.8 Å². The zero-order chi connectivity index (χ0) is 31.9. The van der Waals surface area contributed by atoms with Crippen molar-refractivity contribution >= 4 is 45.7 Å². The van der Waals surface area contributed by atoms with Gasteiger partial charge in [0, 0.05) is 11.3 Å². The van der Waals surface area contributed by atoms with Crippen molar-refractivity contribution in [3.8, 4) is 23.0 Å². The highest BCUT2D eigenvalue weighted by Gasteiger charge is 2.49. The van der Waals surface area contributed by atoms with Crippen LogP contribution in [0.4, 0.5) is 5.13 Å². The molecule has 1 saturated heterocycles. The third-order valence-corrected chi connectivity index (χ3v) is 9.28. The van der Waals surface area contributed by atoms with Gasteiger partial charge in [-0.05, 0) is 53.9 Å². The van der Waals surface area contributed by atoms with Gasteiger partial charge in [-0.2, -0.15) is 0 Å². The molecule has 1 fully saturated rings. The van der Waals surface area contributed by atoms with E-state index in [0.717, 1.165) is 18.4 Å². The van der Waals surface area contributed by atoms with E-state index in [4.69, 9.17) is 18.9 Å². The molecule has 1 atom stereocenters. The van der Waals surface area contributed by atoms with Crippen LogP contribution in [0, 0.1) is 0 Å². The van der Waals surface area contributed by atoms with Crippen molar-refractivity contribution in [1.29, 1.82) is 0 Å². The Labute approximate surface area is 269 Å². The van der Waals surface area contributed by atoms with Crippen LogP contribution in [0.3, 0.4) is 0 Å². The molecule has 0 aliphatic carbocycles. The second-order valence-corrected chi connectivity index (χ2v) is 12.2. The van der Waals surface area contributed by atoms with Crippen LogP contribution in [0.2, 0.25) is 0 Å². The smallest absolute Gasteiger partial charge is 0.301 e. The number of aromatic nitrogens is 2. The Kier molecular flexibility index (Phi) is 10.3. The number of methoxy groups -OCH3 is 3. The van der Waals surface area contributed by atoms with Crippen molar-refractivity contribution in [2.75, 3.05) is 32.8 Å². The minimum absolute atomic E-state index is 0.109. The molecule has 2 heterocycles. The van der Waals surface area contributed by atoms with Crippen LogP contribution in [0.1, 0.15) is 42.5 Å². The minimum atomic E-state index is -1.07. The van der Waals surface area contributed by atoms with E-state index in [1.165, 1.54) is 49.3 Å². The van der Waals surface area contributed by atoms with E-state index in [9.17, 15) is 14.7 Å². The van der Waals surface area contributed by atoms with Crippen LogP contribution in [0.5, 0.6) is 23.0 Å². The monoisotopic (exact) mass is 647 g/mol. The Morgan fingerprint density at radius 3 is 2.27 bits per heavy atom. The Bertz CT molecular complexity index is 1670. The molecule has 3 aromatic carbocycles. The highest BCUT2D eigenvalue weighted by molar-refractivity contribution is 8.00. The van der Waals surface area contributed by atoms with Crippen LogP contribution in [0.25, 0.3) is 5.76 Å². The van der Waals surface area contributed by atoms with Crippen LogP contribution >= 0.6 is 23.1 Å². The van der Waals surface area contributed by atoms with Gasteiger partial charge in [-0.3, -0.25) is 14.5 Å². The van der Waals surface area contributed by atoms with E-state index in [2.05, 4.69) is 17.1 Å². The summed E-state index contributed by atoms with van der Waals surface area (Å²) >= 11 is 2.66. The molecule has 45 heavy (non-hydrogen) atoms. The summed E-state index contributed by atoms with van der Waals surface area (Å²) < 4.78 is 23.0. The lowest BCUT2D eigenvalue weighted by molar-refractivity contribution is -0.132. The normalized spacial score (nSPS) is 15.7. The van der Waals surface area contributed by atoms with Crippen LogP contribution in [0.15, 0.2) is 76.6 Å². The first-order valence-corrected chi connectivity index (χ1v) is 16.0. The molecule has 12 heteroatoms. The highest BCUT2D eigenvalue weighted by Crippen LogP contribution is 2.48. The average Bonchev–Trinajstić information content (AvgIpc) is 3.65. The molecule has 0 unspecified atom stereocenters. The number of amides is 1. The maximum absolute atomic E-state index is 13.7. The molecule has 4 aromatic rings. The summed E-state index contributed by atoms with van der Waals surface area (Å²) in [6, 6.07) is 18.9. The first-order valence-electron chi connectivity index (χ1n) is 14.2. The predicted octanol–water partition coefficient (Wildman–Crippen LogP) is 6.66. The minimum Gasteiger partial charge on any atom is -0.507 e. The number of aliphatic hydroxyl groups excluding tert-OH is 1. The standard InChI is InChI=1S/C33H33N3O7S2/c1-5-6-16-43-23-14-12-21(13-15-23)28(37)26-27(22-17-24(40-2)30(42-4)25(18-22)41-3)36(31(39)29(26)38)32-34-35-33(45-32)44-19-20-10-8-7-9-11-20/h7-15,17-18,27,37H,5-6,16,19H2,1-4H3/t27-/m0/s1. The van der Waals surface area contributed by atoms with Gasteiger partial charge >= 0.3 is 5.91 Å². The van der Waals surface area contributed by atoms with Gasteiger partial charge in [0.15, 0.2) is 15.8 Å². The second-order valence-electron chi connectivity index (χ2n) is 9.98. The largest absolute Gasteiger partial charge is 0.507 e. The van der Waals surface area contributed by atoms with Gasteiger partial charge in [0.25, 0.3) is 5.78 Å². The van der Waals surface area contributed by atoms with E-state index in [1.54, 1.807) is 36.4 Å². The van der Waals surface area contributed by atoms with Gasteiger partial charge in [0.1, 0.15) is 11.5 Å². The summed E-state index contributed by atoms with van der Waals surface area (Å²) in [5.74, 6) is 0.241. The number of benzene rings is 3. The average molecular weight is 648 g/mol. The number of hydrogen-bond donors (Lipinski definition) is 1. The van der Waals surface area contributed by atoms with Gasteiger partial charge in [-0.1, -0.05) is 66.8 Å². The van der Waals surface area contributed by atoms with Crippen LogP contribution in [-0.2, 0) is 15.3 Å². The third-order valence-electron chi connectivity index (χ3n) is 7.15. The maximum atomic E-state index is 13.7. The number of ether oxygens (including phenoxy) is 4. The van der Waals surface area contributed by atoms with E-state index in [1.807, 2.05) is 30.3 Å². The molecule has 1 aromatic heterocycles. The Balaban J connectivity index is 1.58. The molecule has 1 amide bonds. The summed E-state index contributed by atoms with van der Waals surface area (Å²) in [4.78, 5) is 28.7. The molecule has 1 aliphatic heterocycles. The summed E-state index contributed by atoms with van der Waals surface area (Å²) in [6.45, 7) is 2.65. The number of Topliss-reactive ketones (excluding diaryl/α,β-unsaturated/α-hetero) is 1. The molecule has 0 radical (unpaired) electrons. The number of carbonyl (C=O) groups excluding carboxylic acids is 2. The van der Waals surface area contributed by atoms with Gasteiger partial charge < -0.3 is 24.1 Å². The summed E-state index contributed by atoms with van der Waals surface area (Å²) in [6.07, 6.45) is 1.92. The molecular weight excluding hydrogens is 615 g/mol. The summed E-state index contributed by atoms with van der Waals surface area (Å²) in [7, 11) is 4.43. The van der Waals surface area contributed by atoms with Crippen molar-refractivity contribution in [2.24, 2.45) is 0 Å². The van der Waals surface area contributed by atoms with Gasteiger partial charge in [0.2, 0.25) is 10.9 Å². The van der Waals surface area contributed by atoms with Gasteiger partial charge in [0.05, 0.1) is 39.6 Å². The predicted molar refractivity (Wildman–Crippen MR) is 174 cm³/mol. The number of thioether (sulfide) groups is 1. The molecule has 0 bridgehead atoms. The molecule has 5 rings (SSSR count). The first kappa shape index (κ1) is 31.9. The van der Waals surface area contributed by atoms with Crippen molar-refractivity contribution in [1.82, 2.24) is 10.2 Å². The zero-order valence-corrected chi connectivity index (χ0v) is 26.9. The number of carbonyl (C=O) groups is 2. The zero-order valence-electron chi connectivity index (χ0n) is 25.3. The maximum Gasteiger partial charge on any atom is 0.301 e. The molecule has 0 spiro atoms. The third kappa shape index (κ3) is 6.76. The number of rotatable bonds is 13. The highest BCUT2D eigenvalue weighted by atomic mass is 32.2. The lowest BCUT2D eigenvalue weighted by Gasteiger charge is -2.24. The lowest BCUT2D eigenvalue weighted by Crippen LogP contribution is -2.29. The van der Waals surface area contributed by atoms with E-state index in [0.29, 0.717) is 50.8 Å². The van der Waals surface area contributed by atoms with Gasteiger partial charge in [-0.15, -0.1) is 10.2 Å². The summed E-state index contributed by atoms with van der Waals surface area (Å²) in [5, 5.41) is 20.4. The fourth-order valence-electron chi connectivity index (χ4n) is 4.88. The second kappa shape index (κ2) is 14.5. The SMILES string of the molecule is CCCCOc1ccc(C(O)=C2C(=O)C(=O)N(c3nnc(SCc4ccccc4)s3)[C@H]2c2cc(OC)c(OC)c(OC)c2)cc1. The van der Waals surface area contributed by atoms with E-state index >= 15 is 0 Å². The lowest BCUT2D eigenvalue weighted by atomic mass is 9.94. The van der Waals surface area contributed by atoms with Crippen molar-refractivity contribution in [3.05, 3.63) is 89.0 Å². The molecule has 1 aliphatic rings. The first-order chi connectivity index (χ1) is 21.9. The van der Waals surface area contributed by atoms with E-state index < -0.39 is 17.7 Å². The number of aliphatic hydroxyl groups is 1. The van der Waals surface area contributed by atoms with E-state index in [-0.39, 0.29) is 16.5 Å². The van der Waals surface area contributed by atoms with Gasteiger partial charge in [-0.25, -0.2) is 0 Å². The Morgan fingerprint density at radius 2 is 1.64 bits per heavy atom. The molecule has 1 N–H and O–H groups in total. The number of hydrogen-bond acceptors (Lipinski definition) is 11. The topological polar surface area (TPSA) is 120 Å². The molecule has 10 nitrogen and oxygen atoms in total. The number of anilines is 1. The molecule has 234 valence electrons. The number of unbranched alkanes of at least 4 members (excludes halogenated alkanes) is 1. The Hall–Kier alpha value is -4.55. The number of ketones is 1. The van der Waals surface area contributed by atoms with Crippen molar-refractivity contribution in [3.63, 3.8) is 0 Å². The Morgan fingerprint density at radius 1 is 0.956 bits per heavy atom.